The van der Waals surface area contributed by atoms with Gasteiger partial charge in [-0.3, -0.25) is 0 Å². The molecule has 19 heavy (non-hydrogen) atoms. The molecule has 3 rings (SSSR count). The third kappa shape index (κ3) is 2.76. The predicted molar refractivity (Wildman–Crippen MR) is 70.4 cm³/mol. The zero-order valence-corrected chi connectivity index (χ0v) is 11.4. The Morgan fingerprint density at radius 3 is 3.00 bits per heavy atom. The van der Waals surface area contributed by atoms with Crippen molar-refractivity contribution in [2.24, 2.45) is 0 Å². The summed E-state index contributed by atoms with van der Waals surface area (Å²) in [6, 6.07) is 3.71. The molecule has 6 nitrogen and oxygen atoms in total. The molecule has 0 saturated carbocycles. The van der Waals surface area contributed by atoms with Gasteiger partial charge < -0.3 is 9.73 Å². The monoisotopic (exact) mass is 281 g/mol. The van der Waals surface area contributed by atoms with Crippen LogP contribution < -0.4 is 5.32 Å². The van der Waals surface area contributed by atoms with E-state index in [-0.39, 0.29) is 17.5 Å². The normalized spacial score (nSPS) is 22.1. The summed E-state index contributed by atoms with van der Waals surface area (Å²) in [5, 5.41) is 3.17. The molecule has 0 amide bonds. The smallest absolute Gasteiger partial charge is 0.211 e. The topological polar surface area (TPSA) is 85.1 Å². The van der Waals surface area contributed by atoms with Gasteiger partial charge in [0.15, 0.2) is 21.1 Å². The molecule has 2 aromatic heterocycles. The summed E-state index contributed by atoms with van der Waals surface area (Å²) < 4.78 is 28.2. The lowest BCUT2D eigenvalue weighted by Gasteiger charge is -2.07. The summed E-state index contributed by atoms with van der Waals surface area (Å²) >= 11 is 0. The molecule has 1 aliphatic rings. The van der Waals surface area contributed by atoms with Gasteiger partial charge in [0, 0.05) is 11.7 Å². The second kappa shape index (κ2) is 4.57. The lowest BCUT2D eigenvalue weighted by Crippen LogP contribution is -2.29. The number of aryl methyl sites for hydroxylation is 1. The second-order valence-electron chi connectivity index (χ2n) is 4.86. The Kier molecular flexibility index (Phi) is 3.02. The number of pyridine rings is 1. The van der Waals surface area contributed by atoms with Gasteiger partial charge in [0.25, 0.3) is 0 Å². The molecular formula is C12H15N3O3S. The summed E-state index contributed by atoms with van der Waals surface area (Å²) in [6.07, 6.45) is 0.653. The fourth-order valence-electron chi connectivity index (χ4n) is 2.22. The Labute approximate surface area is 111 Å². The number of hydrogen-bond donors (Lipinski definition) is 1. The van der Waals surface area contributed by atoms with E-state index in [0.29, 0.717) is 30.1 Å². The van der Waals surface area contributed by atoms with Crippen molar-refractivity contribution in [3.8, 4) is 0 Å². The van der Waals surface area contributed by atoms with Crippen LogP contribution in [0.1, 0.15) is 18.0 Å². The highest BCUT2D eigenvalue weighted by molar-refractivity contribution is 7.91. The van der Waals surface area contributed by atoms with Crippen molar-refractivity contribution in [2.75, 3.05) is 11.5 Å². The molecule has 1 saturated heterocycles. The molecule has 1 atom stereocenters. The fraction of sp³-hybridized carbons (Fsp3) is 0.500. The lowest BCUT2D eigenvalue weighted by molar-refractivity contribution is 0.463. The van der Waals surface area contributed by atoms with E-state index >= 15 is 0 Å². The molecule has 0 aliphatic carbocycles. The zero-order valence-electron chi connectivity index (χ0n) is 10.6. The minimum absolute atomic E-state index is 0.00490. The highest BCUT2D eigenvalue weighted by atomic mass is 32.2. The van der Waals surface area contributed by atoms with E-state index in [0.717, 1.165) is 5.69 Å². The summed E-state index contributed by atoms with van der Waals surface area (Å²) in [4.78, 5) is 8.55. The first-order valence-electron chi connectivity index (χ1n) is 6.19. The molecule has 0 bridgehead atoms. The molecule has 2 aromatic rings. The van der Waals surface area contributed by atoms with Crippen molar-refractivity contribution < 1.29 is 12.8 Å². The maximum Gasteiger partial charge on any atom is 0.211 e. The first-order chi connectivity index (χ1) is 9.02. The van der Waals surface area contributed by atoms with E-state index in [1.54, 1.807) is 0 Å². The van der Waals surface area contributed by atoms with E-state index in [1.165, 1.54) is 0 Å². The molecule has 1 N–H and O–H groups in total. The Bertz CT molecular complexity index is 708. The average molecular weight is 281 g/mol. The van der Waals surface area contributed by atoms with Gasteiger partial charge in [0.2, 0.25) is 5.89 Å². The minimum Gasteiger partial charge on any atom is -0.438 e. The molecule has 3 heterocycles. The summed E-state index contributed by atoms with van der Waals surface area (Å²) in [5.41, 5.74) is 2.14. The summed E-state index contributed by atoms with van der Waals surface area (Å²) in [6.45, 7) is 2.32. The highest BCUT2D eigenvalue weighted by Gasteiger charge is 2.27. The van der Waals surface area contributed by atoms with Crippen molar-refractivity contribution in [1.29, 1.82) is 0 Å². The summed E-state index contributed by atoms with van der Waals surface area (Å²) in [5.74, 6) is 1.00. The van der Waals surface area contributed by atoms with E-state index in [4.69, 9.17) is 4.42 Å². The number of aromatic nitrogens is 2. The maximum absolute atomic E-state index is 11.3. The average Bonchev–Trinajstić information content (AvgIpc) is 2.89. The van der Waals surface area contributed by atoms with Crippen LogP contribution in [0.25, 0.3) is 11.2 Å². The van der Waals surface area contributed by atoms with Gasteiger partial charge in [-0.1, -0.05) is 0 Å². The number of oxazole rings is 1. The molecule has 0 spiro atoms. The maximum atomic E-state index is 11.3. The highest BCUT2D eigenvalue weighted by Crippen LogP contribution is 2.15. The van der Waals surface area contributed by atoms with Gasteiger partial charge in [0.1, 0.15) is 0 Å². The number of nitrogens with zero attached hydrogens (tertiary/aromatic N) is 2. The second-order valence-corrected chi connectivity index (χ2v) is 7.09. The van der Waals surface area contributed by atoms with Crippen LogP contribution in [0, 0.1) is 6.92 Å². The molecule has 0 radical (unpaired) electrons. The van der Waals surface area contributed by atoms with Crippen molar-refractivity contribution in [2.45, 2.75) is 25.9 Å². The fourth-order valence-corrected chi connectivity index (χ4v) is 3.93. The van der Waals surface area contributed by atoms with E-state index in [2.05, 4.69) is 15.3 Å². The third-order valence-corrected chi connectivity index (χ3v) is 4.98. The molecule has 1 aliphatic heterocycles. The lowest BCUT2D eigenvalue weighted by atomic mass is 10.3. The Balaban J connectivity index is 1.69. The molecule has 0 aromatic carbocycles. The molecule has 7 heteroatoms. The number of nitrogens with one attached hydrogen (secondary N) is 1. The van der Waals surface area contributed by atoms with Crippen LogP contribution in [0.2, 0.25) is 0 Å². The Morgan fingerprint density at radius 2 is 2.26 bits per heavy atom. The van der Waals surface area contributed by atoms with Crippen molar-refractivity contribution in [1.82, 2.24) is 15.3 Å². The largest absolute Gasteiger partial charge is 0.438 e. The van der Waals surface area contributed by atoms with Gasteiger partial charge in [0.05, 0.1) is 18.1 Å². The molecular weight excluding hydrogens is 266 g/mol. The van der Waals surface area contributed by atoms with E-state index < -0.39 is 9.84 Å². The standard InChI is InChI=1S/C12H15N3O3S/c1-8-2-3-10-12(14-8)15-11(18-10)6-13-9-4-5-19(16,17)7-9/h2-3,9,13H,4-7H2,1H3. The number of fused-ring (bicyclic) bond motifs is 1. The van der Waals surface area contributed by atoms with Crippen LogP contribution in [0.4, 0.5) is 0 Å². The van der Waals surface area contributed by atoms with E-state index in [9.17, 15) is 8.42 Å². The van der Waals surface area contributed by atoms with Crippen LogP contribution >= 0.6 is 0 Å². The third-order valence-electron chi connectivity index (χ3n) is 3.21. The first kappa shape index (κ1) is 12.6. The zero-order chi connectivity index (χ0) is 13.5. The number of hydrogen-bond acceptors (Lipinski definition) is 6. The van der Waals surface area contributed by atoms with Crippen molar-refractivity contribution in [3.05, 3.63) is 23.7 Å². The van der Waals surface area contributed by atoms with Gasteiger partial charge >= 0.3 is 0 Å². The Hall–Kier alpha value is -1.47. The number of rotatable bonds is 3. The summed E-state index contributed by atoms with van der Waals surface area (Å²) in [7, 11) is -2.86. The van der Waals surface area contributed by atoms with Crippen LogP contribution in [0.3, 0.4) is 0 Å². The van der Waals surface area contributed by atoms with E-state index in [1.807, 2.05) is 19.1 Å². The van der Waals surface area contributed by atoms with Crippen molar-refractivity contribution in [3.63, 3.8) is 0 Å². The SMILES string of the molecule is Cc1ccc2oc(CNC3CCS(=O)(=O)C3)nc2n1. The number of sulfone groups is 1. The van der Waals surface area contributed by atoms with Gasteiger partial charge in [-0.05, 0) is 25.5 Å². The van der Waals surface area contributed by atoms with Gasteiger partial charge in [-0.2, -0.15) is 4.98 Å². The first-order valence-corrected chi connectivity index (χ1v) is 8.01. The van der Waals surface area contributed by atoms with Crippen LogP contribution in [-0.2, 0) is 16.4 Å². The predicted octanol–water partition coefficient (Wildman–Crippen LogP) is 0.808. The van der Waals surface area contributed by atoms with Crippen molar-refractivity contribution >= 4 is 21.1 Å². The van der Waals surface area contributed by atoms with Gasteiger partial charge in [-0.15, -0.1) is 0 Å². The van der Waals surface area contributed by atoms with Crippen LogP contribution in [0.15, 0.2) is 16.5 Å². The molecule has 1 fully saturated rings. The molecule has 1 unspecified atom stereocenters. The minimum atomic E-state index is -2.86. The Morgan fingerprint density at radius 1 is 1.42 bits per heavy atom. The van der Waals surface area contributed by atoms with Crippen LogP contribution in [0.5, 0.6) is 0 Å². The molecule has 102 valence electrons. The quantitative estimate of drug-likeness (QED) is 0.896. The van der Waals surface area contributed by atoms with Gasteiger partial charge in [-0.25, -0.2) is 13.4 Å². The van der Waals surface area contributed by atoms with Crippen LogP contribution in [-0.4, -0.2) is 35.9 Å².